The molecule has 0 aromatic carbocycles. The molecule has 0 radical (unpaired) electrons. The normalized spacial score (nSPS) is 11.7. The minimum Gasteiger partial charge on any atom is -0.469 e. The first kappa shape index (κ1) is 17.9. The zero-order valence-corrected chi connectivity index (χ0v) is 14.3. The molecule has 2 aromatic heterocycles. The van der Waals surface area contributed by atoms with Crippen LogP contribution in [0, 0.1) is 0 Å². The summed E-state index contributed by atoms with van der Waals surface area (Å²) in [6.45, 7) is 3.09. The Morgan fingerprint density at radius 2 is 2.12 bits per heavy atom. The number of H-pyrrole nitrogens is 1. The molecule has 2 heterocycles. The highest BCUT2D eigenvalue weighted by atomic mass is 32.2. The lowest BCUT2D eigenvalue weighted by atomic mass is 10.1. The molecule has 0 aliphatic rings. The SMILES string of the molecule is CC(C)c1c(OCC(=O)CS(C)(=O)=O)nc(-n2ccnc2)[nH]c1=O. The Bertz CT molecular complexity index is 884. The van der Waals surface area contributed by atoms with E-state index in [4.69, 9.17) is 4.74 Å². The van der Waals surface area contributed by atoms with Gasteiger partial charge in [0.25, 0.3) is 5.56 Å². The molecule has 0 amide bonds. The molecule has 0 unspecified atom stereocenters. The van der Waals surface area contributed by atoms with Gasteiger partial charge in [-0.25, -0.2) is 13.4 Å². The standard InChI is InChI=1S/C14H18N4O5S/c1-9(2)11-12(20)16-14(18-5-4-15-8-18)17-13(11)23-6-10(19)7-24(3,21)22/h4-5,8-9H,6-7H2,1-3H3,(H,16,17,20). The van der Waals surface area contributed by atoms with Crippen molar-refractivity contribution in [1.29, 1.82) is 0 Å². The predicted octanol–water partition coefficient (Wildman–Crippen LogP) is 0.0715. The molecule has 0 fully saturated rings. The van der Waals surface area contributed by atoms with Gasteiger partial charge in [-0.2, -0.15) is 4.98 Å². The third-order valence-corrected chi connectivity index (χ3v) is 3.87. The van der Waals surface area contributed by atoms with Gasteiger partial charge in [-0.15, -0.1) is 0 Å². The van der Waals surface area contributed by atoms with E-state index in [2.05, 4.69) is 15.0 Å². The highest BCUT2D eigenvalue weighted by molar-refractivity contribution is 7.91. The molecule has 0 aliphatic carbocycles. The van der Waals surface area contributed by atoms with Crippen LogP contribution in [0.25, 0.3) is 5.95 Å². The average molecular weight is 354 g/mol. The largest absolute Gasteiger partial charge is 0.469 e. The van der Waals surface area contributed by atoms with Crippen molar-refractivity contribution in [3.8, 4) is 11.8 Å². The van der Waals surface area contributed by atoms with Crippen molar-refractivity contribution < 1.29 is 17.9 Å². The van der Waals surface area contributed by atoms with Gasteiger partial charge in [0.15, 0.2) is 15.6 Å². The van der Waals surface area contributed by atoms with Crippen LogP contribution in [0.3, 0.4) is 0 Å². The lowest BCUT2D eigenvalue weighted by molar-refractivity contribution is -0.118. The smallest absolute Gasteiger partial charge is 0.259 e. The van der Waals surface area contributed by atoms with Gasteiger partial charge in [0.2, 0.25) is 11.8 Å². The fraction of sp³-hybridized carbons (Fsp3) is 0.429. The van der Waals surface area contributed by atoms with Gasteiger partial charge >= 0.3 is 0 Å². The second kappa shape index (κ2) is 6.95. The van der Waals surface area contributed by atoms with Crippen LogP contribution >= 0.6 is 0 Å². The molecule has 0 saturated heterocycles. The van der Waals surface area contributed by atoms with Crippen LogP contribution in [0.1, 0.15) is 25.3 Å². The Kier molecular flexibility index (Phi) is 5.17. The van der Waals surface area contributed by atoms with Crippen LogP contribution in [0.4, 0.5) is 0 Å². The average Bonchev–Trinajstić information content (AvgIpc) is 2.96. The summed E-state index contributed by atoms with van der Waals surface area (Å²) in [5.41, 5.74) is -0.111. The Labute approximate surface area is 138 Å². The number of rotatable bonds is 7. The van der Waals surface area contributed by atoms with Crippen molar-refractivity contribution in [2.24, 2.45) is 0 Å². The van der Waals surface area contributed by atoms with Gasteiger partial charge in [0.1, 0.15) is 18.7 Å². The van der Waals surface area contributed by atoms with E-state index in [1.807, 2.05) is 0 Å². The third kappa shape index (κ3) is 4.51. The van der Waals surface area contributed by atoms with E-state index in [1.54, 1.807) is 20.0 Å². The van der Waals surface area contributed by atoms with Crippen LogP contribution < -0.4 is 10.3 Å². The van der Waals surface area contributed by atoms with Gasteiger partial charge in [-0.3, -0.25) is 19.1 Å². The molecule has 0 spiro atoms. The number of hydrogen-bond acceptors (Lipinski definition) is 7. The quantitative estimate of drug-likeness (QED) is 0.746. The number of nitrogens with one attached hydrogen (secondary N) is 1. The maximum atomic E-state index is 12.3. The number of Topliss-reactive ketones (excluding diaryl/α,β-unsaturated/α-hetero) is 1. The van der Waals surface area contributed by atoms with Gasteiger partial charge < -0.3 is 4.74 Å². The summed E-state index contributed by atoms with van der Waals surface area (Å²) in [4.78, 5) is 34.7. The molecule has 0 aliphatic heterocycles. The summed E-state index contributed by atoms with van der Waals surface area (Å²) >= 11 is 0. The van der Waals surface area contributed by atoms with Crippen molar-refractivity contribution in [3.63, 3.8) is 0 Å². The van der Waals surface area contributed by atoms with Gasteiger partial charge in [-0.1, -0.05) is 13.8 Å². The summed E-state index contributed by atoms with van der Waals surface area (Å²) < 4.78 is 29.1. The molecule has 1 N–H and O–H groups in total. The lowest BCUT2D eigenvalue weighted by Crippen LogP contribution is -2.25. The number of carbonyl (C=O) groups excluding carboxylic acids is 1. The molecule has 0 atom stereocenters. The summed E-state index contributed by atoms with van der Waals surface area (Å²) in [7, 11) is -3.44. The Morgan fingerprint density at radius 3 is 2.67 bits per heavy atom. The number of hydrogen-bond donors (Lipinski definition) is 1. The van der Waals surface area contributed by atoms with E-state index < -0.39 is 33.5 Å². The number of carbonyl (C=O) groups is 1. The second-order valence-electron chi connectivity index (χ2n) is 5.63. The molecule has 2 aromatic rings. The van der Waals surface area contributed by atoms with E-state index in [9.17, 15) is 18.0 Å². The lowest BCUT2D eigenvalue weighted by Gasteiger charge is -2.13. The fourth-order valence-corrected chi connectivity index (χ4v) is 2.73. The number of sulfone groups is 1. The Morgan fingerprint density at radius 1 is 1.42 bits per heavy atom. The first-order chi connectivity index (χ1) is 11.2. The Hall–Kier alpha value is -2.49. The highest BCUT2D eigenvalue weighted by Crippen LogP contribution is 2.21. The number of nitrogens with zero attached hydrogens (tertiary/aromatic N) is 3. The molecular weight excluding hydrogens is 336 g/mol. The molecule has 24 heavy (non-hydrogen) atoms. The van der Waals surface area contributed by atoms with Crippen molar-refractivity contribution in [1.82, 2.24) is 19.5 Å². The first-order valence-electron chi connectivity index (χ1n) is 7.12. The van der Waals surface area contributed by atoms with Crippen LogP contribution in [0.2, 0.25) is 0 Å². The second-order valence-corrected chi connectivity index (χ2v) is 7.77. The third-order valence-electron chi connectivity index (χ3n) is 3.03. The topological polar surface area (TPSA) is 124 Å². The molecular formula is C14H18N4O5S. The molecule has 0 saturated carbocycles. The minimum atomic E-state index is -3.44. The van der Waals surface area contributed by atoms with Crippen molar-refractivity contribution >= 4 is 15.6 Å². The number of ether oxygens (including phenoxy) is 1. The van der Waals surface area contributed by atoms with Crippen molar-refractivity contribution in [2.75, 3.05) is 18.6 Å². The first-order valence-corrected chi connectivity index (χ1v) is 9.18. The zero-order chi connectivity index (χ0) is 17.9. The van der Waals surface area contributed by atoms with E-state index in [-0.39, 0.29) is 23.3 Å². The predicted molar refractivity (Wildman–Crippen MR) is 86.3 cm³/mol. The maximum absolute atomic E-state index is 12.3. The number of imidazole rings is 1. The van der Waals surface area contributed by atoms with Crippen LogP contribution in [-0.4, -0.2) is 52.3 Å². The highest BCUT2D eigenvalue weighted by Gasteiger charge is 2.19. The Balaban J connectivity index is 2.32. The summed E-state index contributed by atoms with van der Waals surface area (Å²) in [6.07, 6.45) is 5.53. The molecule has 0 bridgehead atoms. The molecule has 9 nitrogen and oxygen atoms in total. The van der Waals surface area contributed by atoms with Crippen molar-refractivity contribution in [3.05, 3.63) is 34.6 Å². The van der Waals surface area contributed by atoms with E-state index in [1.165, 1.54) is 17.1 Å². The van der Waals surface area contributed by atoms with Gasteiger partial charge in [0.05, 0.1) is 5.56 Å². The van der Waals surface area contributed by atoms with E-state index >= 15 is 0 Å². The van der Waals surface area contributed by atoms with E-state index in [0.29, 0.717) is 0 Å². The molecule has 2 rings (SSSR count). The zero-order valence-electron chi connectivity index (χ0n) is 13.5. The van der Waals surface area contributed by atoms with Crippen LogP contribution in [0.15, 0.2) is 23.5 Å². The number of aromatic amines is 1. The minimum absolute atomic E-state index is 0.000647. The monoisotopic (exact) mass is 354 g/mol. The van der Waals surface area contributed by atoms with Crippen molar-refractivity contribution in [2.45, 2.75) is 19.8 Å². The summed E-state index contributed by atoms with van der Waals surface area (Å²) in [5, 5.41) is 0. The maximum Gasteiger partial charge on any atom is 0.259 e. The summed E-state index contributed by atoms with van der Waals surface area (Å²) in [5.74, 6) is -1.25. The van der Waals surface area contributed by atoms with Gasteiger partial charge in [0, 0.05) is 18.6 Å². The molecule has 130 valence electrons. The number of ketones is 1. The molecule has 10 heteroatoms. The summed E-state index contributed by atoms with van der Waals surface area (Å²) in [6, 6.07) is 0. The van der Waals surface area contributed by atoms with Gasteiger partial charge in [-0.05, 0) is 5.92 Å². The van der Waals surface area contributed by atoms with E-state index in [0.717, 1.165) is 6.26 Å². The number of aromatic nitrogens is 4. The van der Waals surface area contributed by atoms with Crippen LogP contribution in [-0.2, 0) is 14.6 Å². The van der Waals surface area contributed by atoms with Crippen LogP contribution in [0.5, 0.6) is 5.88 Å². The fourth-order valence-electron chi connectivity index (χ4n) is 2.06.